The highest BCUT2D eigenvalue weighted by Crippen LogP contribution is 2.16. The van der Waals surface area contributed by atoms with Crippen molar-refractivity contribution in [3.8, 4) is 0 Å². The fraction of sp³-hybridized carbons (Fsp3) is 0.0588. The van der Waals surface area contributed by atoms with Gasteiger partial charge in [-0.1, -0.05) is 24.3 Å². The number of nitrogens with one attached hydrogen (secondary N) is 1. The monoisotopic (exact) mass is 333 g/mol. The Morgan fingerprint density at radius 1 is 1.08 bits per heavy atom. The Bertz CT molecular complexity index is 789. The van der Waals surface area contributed by atoms with Crippen molar-refractivity contribution in [2.75, 3.05) is 5.32 Å². The van der Waals surface area contributed by atoms with Gasteiger partial charge in [0.05, 0.1) is 6.42 Å². The Balaban J connectivity index is 1.97. The van der Waals surface area contributed by atoms with Crippen molar-refractivity contribution < 1.29 is 18.0 Å². The molecule has 0 fully saturated rings. The lowest BCUT2D eigenvalue weighted by atomic mass is 10.1. The molecule has 0 aromatic heterocycles. The minimum absolute atomic E-state index is 0.105. The first-order chi connectivity index (χ1) is 11.5. The van der Waals surface area contributed by atoms with E-state index in [0.717, 1.165) is 17.8 Å². The molecular formula is C17H14F3N3O. The van der Waals surface area contributed by atoms with Crippen LogP contribution < -0.4 is 11.1 Å². The van der Waals surface area contributed by atoms with Gasteiger partial charge < -0.3 is 11.1 Å². The van der Waals surface area contributed by atoms with Gasteiger partial charge in [0.1, 0.15) is 5.84 Å². The number of aliphatic imine (C=N–C) groups is 1. The van der Waals surface area contributed by atoms with Gasteiger partial charge in [0.25, 0.3) is 5.91 Å². The molecule has 0 spiro atoms. The molecule has 1 amide bonds. The predicted octanol–water partition coefficient (Wildman–Crippen LogP) is 3.16. The van der Waals surface area contributed by atoms with E-state index in [2.05, 4.69) is 10.3 Å². The van der Waals surface area contributed by atoms with E-state index < -0.39 is 29.8 Å². The molecule has 2 aromatic carbocycles. The zero-order valence-corrected chi connectivity index (χ0v) is 12.5. The number of hydrogen-bond donors (Lipinski definition) is 2. The van der Waals surface area contributed by atoms with E-state index in [4.69, 9.17) is 5.73 Å². The van der Waals surface area contributed by atoms with E-state index in [1.807, 2.05) is 30.3 Å². The Kier molecular flexibility index (Phi) is 5.73. The number of para-hydroxylation sites is 1. The van der Waals surface area contributed by atoms with Crippen molar-refractivity contribution in [1.82, 2.24) is 0 Å². The summed E-state index contributed by atoms with van der Waals surface area (Å²) in [6, 6.07) is 10.9. The van der Waals surface area contributed by atoms with E-state index in [0.29, 0.717) is 0 Å². The normalized spacial score (nSPS) is 11.7. The molecule has 4 nitrogen and oxygen atoms in total. The van der Waals surface area contributed by atoms with Gasteiger partial charge in [-0.15, -0.1) is 0 Å². The molecule has 0 heterocycles. The maximum Gasteiger partial charge on any atom is 0.252 e. The highest BCUT2D eigenvalue weighted by molar-refractivity contribution is 6.00. The van der Waals surface area contributed by atoms with E-state index >= 15 is 0 Å². The number of hydrogen-bond acceptors (Lipinski definition) is 2. The number of carbonyl (C=O) groups is 1. The quantitative estimate of drug-likeness (QED) is 0.502. The van der Waals surface area contributed by atoms with Gasteiger partial charge in [-0.25, -0.2) is 13.2 Å². The average Bonchev–Trinajstić information content (AvgIpc) is 2.56. The Labute approximate surface area is 136 Å². The lowest BCUT2D eigenvalue weighted by molar-refractivity contribution is -0.117. The molecular weight excluding hydrogens is 319 g/mol. The minimum atomic E-state index is -1.62. The van der Waals surface area contributed by atoms with Gasteiger partial charge in [-0.2, -0.15) is 4.99 Å². The fourth-order valence-corrected chi connectivity index (χ4v) is 1.84. The van der Waals surface area contributed by atoms with Crippen molar-refractivity contribution in [1.29, 1.82) is 0 Å². The van der Waals surface area contributed by atoms with Crippen LogP contribution in [0.1, 0.15) is 5.56 Å². The first-order valence-corrected chi connectivity index (χ1v) is 6.95. The van der Waals surface area contributed by atoms with Crippen LogP contribution in [0.25, 0.3) is 0 Å². The van der Waals surface area contributed by atoms with Gasteiger partial charge in [-0.3, -0.25) is 4.79 Å². The SMILES string of the molecule is NC(/C=C\Nc1ccccc1)=NC(=O)Cc1ccc(F)c(F)c1F. The second kappa shape index (κ2) is 7.96. The number of anilines is 1. The maximum atomic E-state index is 13.5. The fourth-order valence-electron chi connectivity index (χ4n) is 1.84. The predicted molar refractivity (Wildman–Crippen MR) is 85.9 cm³/mol. The molecule has 0 bridgehead atoms. The van der Waals surface area contributed by atoms with Gasteiger partial charge >= 0.3 is 0 Å². The average molecular weight is 333 g/mol. The second-order valence-electron chi connectivity index (χ2n) is 4.79. The second-order valence-corrected chi connectivity index (χ2v) is 4.79. The molecule has 7 heteroatoms. The molecule has 0 radical (unpaired) electrons. The van der Waals surface area contributed by atoms with Gasteiger partial charge in [0.15, 0.2) is 17.5 Å². The van der Waals surface area contributed by atoms with Crippen molar-refractivity contribution in [2.45, 2.75) is 6.42 Å². The molecule has 124 valence electrons. The van der Waals surface area contributed by atoms with Gasteiger partial charge in [-0.05, 0) is 24.3 Å². The largest absolute Gasteiger partial charge is 0.384 e. The van der Waals surface area contributed by atoms with Crippen LogP contribution in [0.5, 0.6) is 0 Å². The first-order valence-electron chi connectivity index (χ1n) is 6.95. The summed E-state index contributed by atoms with van der Waals surface area (Å²) in [6.45, 7) is 0. The maximum absolute atomic E-state index is 13.5. The van der Waals surface area contributed by atoms with Crippen LogP contribution in [0, 0.1) is 17.5 Å². The van der Waals surface area contributed by atoms with Crippen LogP contribution in [0.2, 0.25) is 0 Å². The number of rotatable bonds is 5. The number of nitrogens with two attached hydrogens (primary N) is 1. The lowest BCUT2D eigenvalue weighted by Crippen LogP contribution is -2.13. The molecule has 24 heavy (non-hydrogen) atoms. The third-order valence-corrected chi connectivity index (χ3v) is 2.99. The van der Waals surface area contributed by atoms with E-state index in [9.17, 15) is 18.0 Å². The van der Waals surface area contributed by atoms with Gasteiger partial charge in [0, 0.05) is 17.5 Å². The third-order valence-electron chi connectivity index (χ3n) is 2.99. The van der Waals surface area contributed by atoms with Crippen LogP contribution in [0.15, 0.2) is 59.7 Å². The summed E-state index contributed by atoms with van der Waals surface area (Å²) in [7, 11) is 0. The molecule has 0 atom stereocenters. The minimum Gasteiger partial charge on any atom is -0.384 e. The first kappa shape index (κ1) is 17.3. The van der Waals surface area contributed by atoms with Crippen molar-refractivity contribution in [3.05, 3.63) is 77.8 Å². The number of nitrogens with zero attached hydrogens (tertiary/aromatic N) is 1. The number of carbonyl (C=O) groups excluding carboxylic acids is 1. The van der Waals surface area contributed by atoms with E-state index in [1.54, 1.807) is 0 Å². The summed E-state index contributed by atoms with van der Waals surface area (Å²) in [5.41, 5.74) is 6.09. The molecule has 0 unspecified atom stereocenters. The van der Waals surface area contributed by atoms with Crippen molar-refractivity contribution in [3.63, 3.8) is 0 Å². The number of amidine groups is 1. The highest BCUT2D eigenvalue weighted by atomic mass is 19.2. The number of amides is 1. The molecule has 2 rings (SSSR count). The summed E-state index contributed by atoms with van der Waals surface area (Å²) in [6.07, 6.45) is 2.32. The number of halogens is 3. The molecule has 0 aliphatic carbocycles. The summed E-state index contributed by atoms with van der Waals surface area (Å²) < 4.78 is 39.4. The molecule has 0 aliphatic heterocycles. The molecule has 0 saturated heterocycles. The molecule has 0 aliphatic rings. The molecule has 2 aromatic rings. The summed E-state index contributed by atoms with van der Waals surface area (Å²) >= 11 is 0. The van der Waals surface area contributed by atoms with Crippen LogP contribution in [0.3, 0.4) is 0 Å². The summed E-state index contributed by atoms with van der Waals surface area (Å²) in [4.78, 5) is 15.2. The summed E-state index contributed by atoms with van der Waals surface area (Å²) in [5, 5.41) is 2.92. The van der Waals surface area contributed by atoms with Gasteiger partial charge in [0.2, 0.25) is 0 Å². The Morgan fingerprint density at radius 3 is 2.50 bits per heavy atom. The highest BCUT2D eigenvalue weighted by Gasteiger charge is 2.15. The number of benzene rings is 2. The van der Waals surface area contributed by atoms with Crippen LogP contribution in [-0.2, 0) is 11.2 Å². The Morgan fingerprint density at radius 2 is 1.79 bits per heavy atom. The zero-order valence-electron chi connectivity index (χ0n) is 12.5. The van der Waals surface area contributed by atoms with Crippen LogP contribution >= 0.6 is 0 Å². The smallest absolute Gasteiger partial charge is 0.252 e. The molecule has 3 N–H and O–H groups in total. The Hall–Kier alpha value is -3.09. The lowest BCUT2D eigenvalue weighted by Gasteiger charge is -2.02. The standard InChI is InChI=1S/C17H14F3N3O/c18-13-7-6-11(16(19)17(13)20)10-15(24)23-14(21)8-9-22-12-4-2-1-3-5-12/h1-9,22H,10H2,(H2,21,23,24)/b9-8-. The summed E-state index contributed by atoms with van der Waals surface area (Å²) in [5.74, 6) is -5.22. The van der Waals surface area contributed by atoms with Crippen LogP contribution in [-0.4, -0.2) is 11.7 Å². The van der Waals surface area contributed by atoms with E-state index in [1.165, 1.54) is 12.3 Å². The van der Waals surface area contributed by atoms with Crippen molar-refractivity contribution >= 4 is 17.4 Å². The zero-order chi connectivity index (χ0) is 17.5. The van der Waals surface area contributed by atoms with E-state index in [-0.39, 0.29) is 11.4 Å². The van der Waals surface area contributed by atoms with Crippen LogP contribution in [0.4, 0.5) is 18.9 Å². The third kappa shape index (κ3) is 4.70. The molecule has 0 saturated carbocycles. The van der Waals surface area contributed by atoms with Crippen molar-refractivity contribution in [2.24, 2.45) is 10.7 Å². The topological polar surface area (TPSA) is 67.5 Å².